The molecule has 0 aliphatic heterocycles. The molecular formula is C46H37N. The molecule has 0 N–H and O–H groups in total. The minimum absolute atomic E-state index is 0.0823. The Labute approximate surface area is 277 Å². The molecule has 0 spiro atoms. The fourth-order valence-corrected chi connectivity index (χ4v) is 8.60. The van der Waals surface area contributed by atoms with Gasteiger partial charge in [-0.1, -0.05) is 143 Å². The van der Waals surface area contributed by atoms with E-state index < -0.39 is 0 Å². The highest BCUT2D eigenvalue weighted by atomic mass is 15.1. The second-order valence-electron chi connectivity index (χ2n) is 14.2. The van der Waals surface area contributed by atoms with Crippen molar-refractivity contribution >= 4 is 27.8 Å². The summed E-state index contributed by atoms with van der Waals surface area (Å²) in [5.74, 6) is 0. The number of para-hydroxylation sites is 1. The maximum atomic E-state index is 2.49. The van der Waals surface area contributed by atoms with Crippen LogP contribution < -0.4 is 4.90 Å². The normalized spacial score (nSPS) is 14.7. The maximum Gasteiger partial charge on any atom is 0.0543 e. The highest BCUT2D eigenvalue weighted by Gasteiger charge is 2.40. The lowest BCUT2D eigenvalue weighted by atomic mass is 9.79. The van der Waals surface area contributed by atoms with Crippen LogP contribution in [0.4, 0.5) is 17.1 Å². The van der Waals surface area contributed by atoms with Crippen molar-refractivity contribution in [2.45, 2.75) is 38.5 Å². The van der Waals surface area contributed by atoms with E-state index in [-0.39, 0.29) is 10.8 Å². The van der Waals surface area contributed by atoms with Crippen LogP contribution in [0.5, 0.6) is 0 Å². The molecule has 0 saturated carbocycles. The molecule has 1 nitrogen and oxygen atoms in total. The third-order valence-corrected chi connectivity index (χ3v) is 10.8. The van der Waals surface area contributed by atoms with Gasteiger partial charge in [0.2, 0.25) is 0 Å². The van der Waals surface area contributed by atoms with Gasteiger partial charge in [-0.25, -0.2) is 0 Å². The van der Waals surface area contributed by atoms with E-state index in [1.54, 1.807) is 0 Å². The average Bonchev–Trinajstić information content (AvgIpc) is 3.49. The molecular weight excluding hydrogens is 567 g/mol. The van der Waals surface area contributed by atoms with E-state index in [1.165, 1.54) is 77.8 Å². The van der Waals surface area contributed by atoms with Gasteiger partial charge < -0.3 is 4.90 Å². The molecule has 0 fully saturated rings. The summed E-state index contributed by atoms with van der Waals surface area (Å²) in [6, 6.07) is 56.1. The monoisotopic (exact) mass is 603 g/mol. The summed E-state index contributed by atoms with van der Waals surface area (Å²) in [6.45, 7) is 9.53. The van der Waals surface area contributed by atoms with Crippen molar-refractivity contribution in [3.05, 3.63) is 174 Å². The zero-order valence-corrected chi connectivity index (χ0v) is 27.4. The zero-order chi connectivity index (χ0) is 31.9. The Hall–Kier alpha value is -5.40. The Kier molecular flexibility index (Phi) is 5.96. The Morgan fingerprint density at radius 3 is 1.83 bits per heavy atom. The maximum absolute atomic E-state index is 2.49. The molecule has 47 heavy (non-hydrogen) atoms. The second kappa shape index (κ2) is 10.0. The van der Waals surface area contributed by atoms with E-state index in [1.807, 2.05) is 0 Å². The predicted molar refractivity (Wildman–Crippen MR) is 199 cm³/mol. The van der Waals surface area contributed by atoms with E-state index in [9.17, 15) is 0 Å². The highest BCUT2D eigenvalue weighted by molar-refractivity contribution is 6.08. The number of fused-ring (bicyclic) bond motifs is 8. The number of benzene rings is 7. The molecule has 0 atom stereocenters. The summed E-state index contributed by atoms with van der Waals surface area (Å²) in [6.07, 6.45) is 0. The minimum atomic E-state index is -0.167. The van der Waals surface area contributed by atoms with Crippen LogP contribution in [0.3, 0.4) is 0 Å². The van der Waals surface area contributed by atoms with Crippen LogP contribution in [0.1, 0.15) is 49.9 Å². The summed E-state index contributed by atoms with van der Waals surface area (Å²) >= 11 is 0. The first-order valence-electron chi connectivity index (χ1n) is 16.7. The zero-order valence-electron chi connectivity index (χ0n) is 27.4. The van der Waals surface area contributed by atoms with Gasteiger partial charge in [0.1, 0.15) is 0 Å². The predicted octanol–water partition coefficient (Wildman–Crippen LogP) is 12.6. The molecule has 7 aromatic carbocycles. The Morgan fingerprint density at radius 2 is 1.04 bits per heavy atom. The lowest BCUT2D eigenvalue weighted by Gasteiger charge is -2.30. The van der Waals surface area contributed by atoms with E-state index in [0.717, 1.165) is 5.69 Å². The fraction of sp³-hybridized carbons (Fsp3) is 0.130. The van der Waals surface area contributed by atoms with Gasteiger partial charge >= 0.3 is 0 Å². The van der Waals surface area contributed by atoms with Crippen LogP contribution in [-0.2, 0) is 10.8 Å². The van der Waals surface area contributed by atoms with Gasteiger partial charge in [-0.05, 0) is 97.2 Å². The van der Waals surface area contributed by atoms with Gasteiger partial charge in [0, 0.05) is 27.8 Å². The standard InChI is InChI=1S/C46H37N/c1-45(2)39-23-14-13-21-34(39)35-27-26-32(28-41(35)45)47(31-18-9-6-10-19-31)42-25-15-24-40-43(42)38-29-37(30-16-7-5-8-17-30)33-20-11-12-22-36(33)44(38)46(40,3)4/h5-29H,1-4H3. The van der Waals surface area contributed by atoms with Gasteiger partial charge in [0.05, 0.1) is 5.69 Å². The highest BCUT2D eigenvalue weighted by Crippen LogP contribution is 2.58. The molecule has 0 heterocycles. The quantitative estimate of drug-likeness (QED) is 0.193. The first kappa shape index (κ1) is 27.9. The van der Waals surface area contributed by atoms with E-state index in [4.69, 9.17) is 0 Å². The third-order valence-electron chi connectivity index (χ3n) is 10.8. The van der Waals surface area contributed by atoms with Crippen LogP contribution in [-0.4, -0.2) is 0 Å². The molecule has 0 radical (unpaired) electrons. The van der Waals surface area contributed by atoms with Gasteiger partial charge in [-0.3, -0.25) is 0 Å². The van der Waals surface area contributed by atoms with Crippen LogP contribution in [0, 0.1) is 0 Å². The van der Waals surface area contributed by atoms with E-state index in [0.29, 0.717) is 0 Å². The SMILES string of the molecule is CC1(C)c2ccccc2-c2ccc(N(c3ccccc3)c3cccc4c3-c3cc(-c5ccccc5)c5ccccc5c3C4(C)C)cc21. The van der Waals surface area contributed by atoms with Crippen LogP contribution in [0.15, 0.2) is 152 Å². The van der Waals surface area contributed by atoms with Gasteiger partial charge in [-0.2, -0.15) is 0 Å². The molecule has 7 aromatic rings. The molecule has 0 saturated heterocycles. The molecule has 2 aliphatic carbocycles. The second-order valence-corrected chi connectivity index (χ2v) is 14.2. The molecule has 0 amide bonds. The molecule has 0 bridgehead atoms. The molecule has 9 rings (SSSR count). The van der Waals surface area contributed by atoms with Gasteiger partial charge in [-0.15, -0.1) is 0 Å². The molecule has 2 aliphatic rings. The summed E-state index contributed by atoms with van der Waals surface area (Å²) in [7, 11) is 0. The number of anilines is 3. The minimum Gasteiger partial charge on any atom is -0.310 e. The largest absolute Gasteiger partial charge is 0.310 e. The Bertz CT molecular complexity index is 2340. The topological polar surface area (TPSA) is 3.24 Å². The fourth-order valence-electron chi connectivity index (χ4n) is 8.60. The first-order chi connectivity index (χ1) is 22.9. The van der Waals surface area contributed by atoms with Crippen molar-refractivity contribution in [3.63, 3.8) is 0 Å². The smallest absolute Gasteiger partial charge is 0.0543 e. The van der Waals surface area contributed by atoms with Gasteiger partial charge in [0.15, 0.2) is 0 Å². The Morgan fingerprint density at radius 1 is 0.404 bits per heavy atom. The number of hydrogen-bond acceptors (Lipinski definition) is 1. The van der Waals surface area contributed by atoms with E-state index >= 15 is 0 Å². The van der Waals surface area contributed by atoms with Crippen molar-refractivity contribution < 1.29 is 0 Å². The van der Waals surface area contributed by atoms with Gasteiger partial charge in [0.25, 0.3) is 0 Å². The lowest BCUT2D eigenvalue weighted by molar-refractivity contribution is 0.660. The van der Waals surface area contributed by atoms with Crippen LogP contribution >= 0.6 is 0 Å². The van der Waals surface area contributed by atoms with Crippen molar-refractivity contribution in [2.24, 2.45) is 0 Å². The van der Waals surface area contributed by atoms with Crippen molar-refractivity contribution in [1.29, 1.82) is 0 Å². The molecule has 226 valence electrons. The number of nitrogens with zero attached hydrogens (tertiary/aromatic N) is 1. The van der Waals surface area contributed by atoms with Crippen LogP contribution in [0.25, 0.3) is 44.2 Å². The summed E-state index contributed by atoms with van der Waals surface area (Å²) < 4.78 is 0. The molecule has 1 heteroatoms. The van der Waals surface area contributed by atoms with Crippen LogP contribution in [0.2, 0.25) is 0 Å². The molecule has 0 aromatic heterocycles. The van der Waals surface area contributed by atoms with Crippen molar-refractivity contribution in [2.75, 3.05) is 4.90 Å². The average molecular weight is 604 g/mol. The van der Waals surface area contributed by atoms with Crippen molar-refractivity contribution in [3.8, 4) is 33.4 Å². The number of hydrogen-bond donors (Lipinski definition) is 0. The number of rotatable bonds is 4. The van der Waals surface area contributed by atoms with Crippen molar-refractivity contribution in [1.82, 2.24) is 0 Å². The molecule has 0 unspecified atom stereocenters. The summed E-state index contributed by atoms with van der Waals surface area (Å²) in [5.41, 5.74) is 16.7. The summed E-state index contributed by atoms with van der Waals surface area (Å²) in [4.78, 5) is 2.49. The first-order valence-corrected chi connectivity index (χ1v) is 16.7. The van der Waals surface area contributed by atoms with E-state index in [2.05, 4.69) is 184 Å². The Balaban J connectivity index is 1.33. The third kappa shape index (κ3) is 3.96. The lowest BCUT2D eigenvalue weighted by Crippen LogP contribution is -2.17. The summed E-state index contributed by atoms with van der Waals surface area (Å²) in [5, 5.41) is 2.64.